The van der Waals surface area contributed by atoms with E-state index in [0.29, 0.717) is 16.6 Å². The minimum atomic E-state index is -0.753. The fourth-order valence-corrected chi connectivity index (χ4v) is 3.62. The Morgan fingerprint density at radius 2 is 1.39 bits per heavy atom. The summed E-state index contributed by atoms with van der Waals surface area (Å²) in [6.07, 6.45) is 0.160. The van der Waals surface area contributed by atoms with Crippen molar-refractivity contribution in [2.45, 2.75) is 25.9 Å². The summed E-state index contributed by atoms with van der Waals surface area (Å²) in [4.78, 5) is 28.2. The molecule has 0 aromatic heterocycles. The lowest BCUT2D eigenvalue weighted by Crippen LogP contribution is -2.44. The van der Waals surface area contributed by atoms with E-state index in [1.165, 1.54) is 0 Å². The van der Waals surface area contributed by atoms with Gasteiger partial charge >= 0.3 is 0 Å². The zero-order chi connectivity index (χ0) is 22.2. The van der Waals surface area contributed by atoms with Crippen LogP contribution in [0.15, 0.2) is 78.9 Å². The lowest BCUT2D eigenvalue weighted by Gasteiger charge is -2.31. The summed E-state index contributed by atoms with van der Waals surface area (Å²) in [5.41, 5.74) is 2.48. The molecule has 1 N–H and O–H groups in total. The molecule has 3 aromatic rings. The number of hydrogen-bond acceptors (Lipinski definition) is 2. The van der Waals surface area contributed by atoms with Crippen LogP contribution in [0.3, 0.4) is 0 Å². The van der Waals surface area contributed by atoms with Crippen molar-refractivity contribution in [2.75, 3.05) is 6.54 Å². The summed E-state index contributed by atoms with van der Waals surface area (Å²) in [6.45, 7) is 2.61. The Balaban J connectivity index is 1.98. The molecule has 0 heterocycles. The highest BCUT2D eigenvalue weighted by Gasteiger charge is 2.31. The summed E-state index contributed by atoms with van der Waals surface area (Å²) in [5.74, 6) is -0.371. The summed E-state index contributed by atoms with van der Waals surface area (Å²) in [6, 6.07) is 23.0. The molecule has 6 heteroatoms. The van der Waals surface area contributed by atoms with Crippen molar-refractivity contribution in [3.63, 3.8) is 0 Å². The second kappa shape index (κ2) is 11.0. The van der Waals surface area contributed by atoms with Gasteiger partial charge in [-0.1, -0.05) is 77.8 Å². The van der Waals surface area contributed by atoms with Gasteiger partial charge < -0.3 is 10.2 Å². The number of nitrogens with one attached hydrogen (secondary N) is 1. The molecule has 0 unspecified atom stereocenters. The van der Waals surface area contributed by atoms with Crippen LogP contribution in [0.1, 0.15) is 29.7 Å². The van der Waals surface area contributed by atoms with E-state index in [2.05, 4.69) is 5.32 Å². The van der Waals surface area contributed by atoms with Crippen molar-refractivity contribution in [3.05, 3.63) is 106 Å². The standard InChI is InChI=1S/C25H24Cl2N2O2/c1-2-28-25(31)24(20-6-4-3-5-7-20)29(17-19-10-14-22(27)15-11-19)23(30)16-18-8-12-21(26)13-9-18/h3-15,24H,2,16-17H2,1H3,(H,28,31)/t24-/m0/s1. The van der Waals surface area contributed by atoms with Crippen LogP contribution in [0.2, 0.25) is 10.0 Å². The molecule has 0 radical (unpaired) electrons. The molecule has 0 saturated heterocycles. The average molecular weight is 455 g/mol. The van der Waals surface area contributed by atoms with E-state index in [9.17, 15) is 9.59 Å². The van der Waals surface area contributed by atoms with Crippen molar-refractivity contribution < 1.29 is 9.59 Å². The molecule has 0 aliphatic heterocycles. The minimum Gasteiger partial charge on any atom is -0.354 e. The Morgan fingerprint density at radius 3 is 1.94 bits per heavy atom. The molecule has 3 rings (SSSR count). The fraction of sp³-hybridized carbons (Fsp3) is 0.200. The largest absolute Gasteiger partial charge is 0.354 e. The van der Waals surface area contributed by atoms with Gasteiger partial charge in [0.15, 0.2) is 0 Å². The molecular weight excluding hydrogens is 431 g/mol. The van der Waals surface area contributed by atoms with Gasteiger partial charge in [-0.05, 0) is 47.9 Å². The van der Waals surface area contributed by atoms with Crippen LogP contribution in [0.4, 0.5) is 0 Å². The van der Waals surface area contributed by atoms with Gasteiger partial charge in [0.1, 0.15) is 6.04 Å². The summed E-state index contributed by atoms with van der Waals surface area (Å²) in [7, 11) is 0. The number of rotatable bonds is 8. The SMILES string of the molecule is CCNC(=O)[C@H](c1ccccc1)N(Cc1ccc(Cl)cc1)C(=O)Cc1ccc(Cl)cc1. The van der Waals surface area contributed by atoms with Crippen molar-refractivity contribution in [3.8, 4) is 0 Å². The van der Waals surface area contributed by atoms with Crippen molar-refractivity contribution in [1.29, 1.82) is 0 Å². The monoisotopic (exact) mass is 454 g/mol. The third-order valence-corrected chi connectivity index (χ3v) is 5.39. The molecule has 0 spiro atoms. The quantitative estimate of drug-likeness (QED) is 0.492. The molecular formula is C25H24Cl2N2O2. The Kier molecular flexibility index (Phi) is 8.10. The number of carbonyl (C=O) groups is 2. The second-order valence-electron chi connectivity index (χ2n) is 7.16. The number of halogens is 2. The summed E-state index contributed by atoms with van der Waals surface area (Å²) < 4.78 is 0. The maximum Gasteiger partial charge on any atom is 0.247 e. The topological polar surface area (TPSA) is 49.4 Å². The van der Waals surface area contributed by atoms with E-state index in [4.69, 9.17) is 23.2 Å². The third-order valence-electron chi connectivity index (χ3n) is 4.88. The first-order valence-electron chi connectivity index (χ1n) is 10.1. The van der Waals surface area contributed by atoms with Crippen LogP contribution < -0.4 is 5.32 Å². The van der Waals surface area contributed by atoms with Gasteiger partial charge in [-0.25, -0.2) is 0 Å². The molecule has 0 bridgehead atoms. The molecule has 1 atom stereocenters. The van der Waals surface area contributed by atoms with E-state index in [-0.39, 0.29) is 24.8 Å². The van der Waals surface area contributed by atoms with Gasteiger partial charge in [-0.2, -0.15) is 0 Å². The van der Waals surface area contributed by atoms with Crippen LogP contribution in [-0.4, -0.2) is 23.3 Å². The highest BCUT2D eigenvalue weighted by atomic mass is 35.5. The first kappa shape index (κ1) is 22.9. The van der Waals surface area contributed by atoms with Crippen LogP contribution in [0.5, 0.6) is 0 Å². The third kappa shape index (κ3) is 6.33. The molecule has 3 aromatic carbocycles. The lowest BCUT2D eigenvalue weighted by molar-refractivity contribution is -0.141. The Hall–Kier alpha value is -2.82. The van der Waals surface area contributed by atoms with Crippen LogP contribution in [-0.2, 0) is 22.6 Å². The van der Waals surface area contributed by atoms with Crippen LogP contribution >= 0.6 is 23.2 Å². The normalized spacial score (nSPS) is 11.6. The number of hydrogen-bond donors (Lipinski definition) is 1. The molecule has 4 nitrogen and oxygen atoms in total. The zero-order valence-corrected chi connectivity index (χ0v) is 18.7. The molecule has 0 saturated carbocycles. The van der Waals surface area contributed by atoms with E-state index in [1.54, 1.807) is 29.2 Å². The van der Waals surface area contributed by atoms with Gasteiger partial charge in [0.05, 0.1) is 6.42 Å². The average Bonchev–Trinajstić information content (AvgIpc) is 2.77. The Labute approximate surface area is 192 Å². The van der Waals surface area contributed by atoms with Crippen molar-refractivity contribution >= 4 is 35.0 Å². The van der Waals surface area contributed by atoms with E-state index in [1.807, 2.05) is 61.5 Å². The first-order chi connectivity index (χ1) is 15.0. The molecule has 2 amide bonds. The second-order valence-corrected chi connectivity index (χ2v) is 8.03. The van der Waals surface area contributed by atoms with Gasteiger partial charge in [0.25, 0.3) is 0 Å². The van der Waals surface area contributed by atoms with E-state index < -0.39 is 6.04 Å². The zero-order valence-electron chi connectivity index (χ0n) is 17.2. The predicted molar refractivity (Wildman–Crippen MR) is 125 cm³/mol. The summed E-state index contributed by atoms with van der Waals surface area (Å²) >= 11 is 12.0. The predicted octanol–water partition coefficient (Wildman–Crippen LogP) is 5.44. The molecule has 160 valence electrons. The number of amides is 2. The van der Waals surface area contributed by atoms with Crippen molar-refractivity contribution in [2.24, 2.45) is 0 Å². The van der Waals surface area contributed by atoms with Gasteiger partial charge in [0, 0.05) is 23.1 Å². The highest BCUT2D eigenvalue weighted by molar-refractivity contribution is 6.30. The van der Waals surface area contributed by atoms with Gasteiger partial charge in [-0.15, -0.1) is 0 Å². The Bertz CT molecular complexity index is 1010. The van der Waals surface area contributed by atoms with E-state index in [0.717, 1.165) is 16.7 Å². The molecule has 0 fully saturated rings. The molecule has 0 aliphatic rings. The maximum atomic E-state index is 13.5. The number of benzene rings is 3. The molecule has 0 aliphatic carbocycles. The first-order valence-corrected chi connectivity index (χ1v) is 10.8. The Morgan fingerprint density at radius 1 is 0.839 bits per heavy atom. The lowest BCUT2D eigenvalue weighted by atomic mass is 10.0. The van der Waals surface area contributed by atoms with Crippen molar-refractivity contribution in [1.82, 2.24) is 10.2 Å². The molecule has 31 heavy (non-hydrogen) atoms. The van der Waals surface area contributed by atoms with Gasteiger partial charge in [-0.3, -0.25) is 9.59 Å². The number of nitrogens with zero attached hydrogens (tertiary/aromatic N) is 1. The van der Waals surface area contributed by atoms with E-state index >= 15 is 0 Å². The summed E-state index contributed by atoms with van der Waals surface area (Å²) in [5, 5.41) is 4.10. The number of carbonyl (C=O) groups excluding carboxylic acids is 2. The minimum absolute atomic E-state index is 0.155. The highest BCUT2D eigenvalue weighted by Crippen LogP contribution is 2.25. The maximum absolute atomic E-state index is 13.5. The van der Waals surface area contributed by atoms with Crippen LogP contribution in [0.25, 0.3) is 0 Å². The van der Waals surface area contributed by atoms with Gasteiger partial charge in [0.2, 0.25) is 11.8 Å². The van der Waals surface area contributed by atoms with Crippen LogP contribution in [0, 0.1) is 0 Å². The fourth-order valence-electron chi connectivity index (χ4n) is 3.37. The number of likely N-dealkylation sites (N-methyl/N-ethyl adjacent to an activating group) is 1. The smallest absolute Gasteiger partial charge is 0.247 e.